The Hall–Kier alpha value is -0.0800. The van der Waals surface area contributed by atoms with Crippen molar-refractivity contribution in [3.63, 3.8) is 0 Å². The van der Waals surface area contributed by atoms with Gasteiger partial charge in [-0.2, -0.15) is 0 Å². The van der Waals surface area contributed by atoms with E-state index in [0.717, 1.165) is 12.0 Å². The van der Waals surface area contributed by atoms with Gasteiger partial charge in [-0.1, -0.05) is 38.5 Å². The highest BCUT2D eigenvalue weighted by molar-refractivity contribution is 4.75. The molecule has 1 N–H and O–H groups in total. The van der Waals surface area contributed by atoms with Crippen LogP contribution in [0.4, 0.5) is 0 Å². The molecule has 0 spiro atoms. The second-order valence-electron chi connectivity index (χ2n) is 6.48. The topological polar surface area (TPSA) is 15.3 Å². The lowest BCUT2D eigenvalue weighted by molar-refractivity contribution is 0.243. The van der Waals surface area contributed by atoms with Gasteiger partial charge in [0.05, 0.1) is 0 Å². The van der Waals surface area contributed by atoms with Crippen LogP contribution in [0.15, 0.2) is 0 Å². The molecule has 0 aromatic carbocycles. The first-order valence-corrected chi connectivity index (χ1v) is 8.27. The number of likely N-dealkylation sites (N-methyl/N-ethyl adjacent to an activating group) is 1. The van der Waals surface area contributed by atoms with Crippen molar-refractivity contribution in [2.24, 2.45) is 5.92 Å². The van der Waals surface area contributed by atoms with Crippen molar-refractivity contribution in [1.82, 2.24) is 10.2 Å². The average molecular weight is 252 g/mol. The molecular formula is C16H32N2. The molecule has 0 bridgehead atoms. The summed E-state index contributed by atoms with van der Waals surface area (Å²) in [6, 6.07) is 0.879. The normalized spacial score (nSPS) is 23.7. The molecule has 0 atom stereocenters. The maximum Gasteiger partial charge on any atom is 0.0107 e. The maximum absolute atomic E-state index is 3.70. The van der Waals surface area contributed by atoms with Crippen LogP contribution in [0.5, 0.6) is 0 Å². The number of hydrogen-bond donors (Lipinski definition) is 1. The summed E-state index contributed by atoms with van der Waals surface area (Å²) in [4.78, 5) is 2.58. The monoisotopic (exact) mass is 252 g/mol. The minimum absolute atomic E-state index is 0.879. The lowest BCUT2D eigenvalue weighted by Gasteiger charge is -2.24. The Morgan fingerprint density at radius 2 is 1.50 bits per heavy atom. The van der Waals surface area contributed by atoms with Crippen LogP contribution in [-0.2, 0) is 0 Å². The highest BCUT2D eigenvalue weighted by atomic mass is 15.1. The first kappa shape index (κ1) is 14.3. The minimum Gasteiger partial charge on any atom is -0.315 e. The van der Waals surface area contributed by atoms with Crippen molar-refractivity contribution in [2.75, 3.05) is 26.7 Å². The van der Waals surface area contributed by atoms with E-state index < -0.39 is 0 Å². The van der Waals surface area contributed by atoms with Gasteiger partial charge in [0.1, 0.15) is 0 Å². The van der Waals surface area contributed by atoms with Crippen LogP contribution in [0.1, 0.15) is 64.2 Å². The fourth-order valence-electron chi connectivity index (χ4n) is 3.66. The third-order valence-electron chi connectivity index (χ3n) is 5.00. The molecular weight excluding hydrogens is 220 g/mol. The standard InChI is InChI=1S/C16H32N2/c1-18(16-10-6-7-11-16)13-12-17-14-15-8-4-2-3-5-9-15/h15-17H,2-14H2,1H3. The molecule has 0 amide bonds. The fourth-order valence-corrected chi connectivity index (χ4v) is 3.66. The lowest BCUT2D eigenvalue weighted by Crippen LogP contribution is -2.36. The van der Waals surface area contributed by atoms with Crippen molar-refractivity contribution in [3.8, 4) is 0 Å². The summed E-state index contributed by atoms with van der Waals surface area (Å²) in [7, 11) is 2.31. The van der Waals surface area contributed by atoms with E-state index in [1.165, 1.54) is 83.8 Å². The molecule has 2 saturated carbocycles. The first-order valence-electron chi connectivity index (χ1n) is 8.27. The smallest absolute Gasteiger partial charge is 0.0107 e. The van der Waals surface area contributed by atoms with E-state index in [-0.39, 0.29) is 0 Å². The zero-order valence-corrected chi connectivity index (χ0v) is 12.3. The van der Waals surface area contributed by atoms with E-state index in [9.17, 15) is 0 Å². The van der Waals surface area contributed by atoms with E-state index >= 15 is 0 Å². The molecule has 2 heteroatoms. The van der Waals surface area contributed by atoms with Crippen LogP contribution in [-0.4, -0.2) is 37.6 Å². The largest absolute Gasteiger partial charge is 0.315 e. The van der Waals surface area contributed by atoms with Crippen molar-refractivity contribution in [3.05, 3.63) is 0 Å². The summed E-state index contributed by atoms with van der Waals surface area (Å²) < 4.78 is 0. The van der Waals surface area contributed by atoms with Crippen LogP contribution in [0.25, 0.3) is 0 Å². The van der Waals surface area contributed by atoms with Gasteiger partial charge >= 0.3 is 0 Å². The maximum atomic E-state index is 3.70. The third-order valence-corrected chi connectivity index (χ3v) is 5.00. The van der Waals surface area contributed by atoms with E-state index in [4.69, 9.17) is 0 Å². The summed E-state index contributed by atoms with van der Waals surface area (Å²) in [6.45, 7) is 3.68. The zero-order chi connectivity index (χ0) is 12.6. The summed E-state index contributed by atoms with van der Waals surface area (Å²) in [5.74, 6) is 0.962. The Kier molecular flexibility index (Phi) is 6.50. The minimum atomic E-state index is 0.879. The Morgan fingerprint density at radius 1 is 0.889 bits per heavy atom. The molecule has 0 aromatic heterocycles. The summed E-state index contributed by atoms with van der Waals surface area (Å²) in [5.41, 5.74) is 0. The summed E-state index contributed by atoms with van der Waals surface area (Å²) >= 11 is 0. The molecule has 106 valence electrons. The second kappa shape index (κ2) is 8.16. The fraction of sp³-hybridized carbons (Fsp3) is 1.00. The Morgan fingerprint density at radius 3 is 2.17 bits per heavy atom. The van der Waals surface area contributed by atoms with Crippen LogP contribution in [0.2, 0.25) is 0 Å². The molecule has 0 heterocycles. The molecule has 0 aliphatic heterocycles. The molecule has 2 aliphatic rings. The third kappa shape index (κ3) is 4.89. The van der Waals surface area contributed by atoms with Crippen molar-refractivity contribution in [1.29, 1.82) is 0 Å². The lowest BCUT2D eigenvalue weighted by atomic mass is 10.0. The molecule has 0 aromatic rings. The highest BCUT2D eigenvalue weighted by Gasteiger charge is 2.19. The molecule has 0 radical (unpaired) electrons. The van der Waals surface area contributed by atoms with E-state index in [1.54, 1.807) is 0 Å². The van der Waals surface area contributed by atoms with E-state index in [2.05, 4.69) is 17.3 Å². The van der Waals surface area contributed by atoms with Crippen LogP contribution in [0, 0.1) is 5.92 Å². The predicted octanol–water partition coefficient (Wildman–Crippen LogP) is 3.42. The van der Waals surface area contributed by atoms with Crippen molar-refractivity contribution >= 4 is 0 Å². The van der Waals surface area contributed by atoms with Gasteiger partial charge in [-0.3, -0.25) is 0 Å². The molecule has 2 rings (SSSR count). The highest BCUT2D eigenvalue weighted by Crippen LogP contribution is 2.23. The molecule has 0 saturated heterocycles. The van der Waals surface area contributed by atoms with Gasteiger partial charge in [0.2, 0.25) is 0 Å². The van der Waals surface area contributed by atoms with Gasteiger partial charge in [0.25, 0.3) is 0 Å². The molecule has 2 nitrogen and oxygen atoms in total. The number of hydrogen-bond acceptors (Lipinski definition) is 2. The van der Waals surface area contributed by atoms with Gasteiger partial charge in [-0.15, -0.1) is 0 Å². The van der Waals surface area contributed by atoms with Gasteiger partial charge in [-0.05, 0) is 45.2 Å². The molecule has 2 fully saturated rings. The second-order valence-corrected chi connectivity index (χ2v) is 6.48. The predicted molar refractivity (Wildman–Crippen MR) is 78.9 cm³/mol. The Balaban J connectivity index is 1.51. The first-order chi connectivity index (χ1) is 8.86. The average Bonchev–Trinajstić information content (AvgIpc) is 2.80. The molecule has 2 aliphatic carbocycles. The van der Waals surface area contributed by atoms with Gasteiger partial charge in [0.15, 0.2) is 0 Å². The zero-order valence-electron chi connectivity index (χ0n) is 12.3. The Labute approximate surface area is 114 Å². The SMILES string of the molecule is CN(CCNCC1CCCCCC1)C1CCCC1. The van der Waals surface area contributed by atoms with Crippen molar-refractivity contribution in [2.45, 2.75) is 70.3 Å². The number of nitrogens with zero attached hydrogens (tertiary/aromatic N) is 1. The Bertz CT molecular complexity index is 199. The molecule has 18 heavy (non-hydrogen) atoms. The molecule has 0 unspecified atom stereocenters. The van der Waals surface area contributed by atoms with Crippen molar-refractivity contribution < 1.29 is 0 Å². The number of nitrogens with one attached hydrogen (secondary N) is 1. The number of rotatable bonds is 6. The quantitative estimate of drug-likeness (QED) is 0.575. The van der Waals surface area contributed by atoms with Crippen LogP contribution >= 0.6 is 0 Å². The van der Waals surface area contributed by atoms with Gasteiger partial charge < -0.3 is 10.2 Å². The summed E-state index contributed by atoms with van der Waals surface area (Å²) in [6.07, 6.45) is 14.6. The van der Waals surface area contributed by atoms with Crippen LogP contribution in [0.3, 0.4) is 0 Å². The summed E-state index contributed by atoms with van der Waals surface area (Å²) in [5, 5.41) is 3.70. The van der Waals surface area contributed by atoms with Crippen LogP contribution < -0.4 is 5.32 Å². The van der Waals surface area contributed by atoms with Gasteiger partial charge in [0, 0.05) is 19.1 Å². The van der Waals surface area contributed by atoms with E-state index in [0.29, 0.717) is 0 Å². The van der Waals surface area contributed by atoms with E-state index in [1.807, 2.05) is 0 Å². The van der Waals surface area contributed by atoms with Gasteiger partial charge in [-0.25, -0.2) is 0 Å².